The van der Waals surface area contributed by atoms with E-state index in [0.717, 1.165) is 36.4 Å². The predicted octanol–water partition coefficient (Wildman–Crippen LogP) is 2.66. The third kappa shape index (κ3) is 4.37. The minimum atomic E-state index is -0.616. The fraction of sp³-hybridized carbons (Fsp3) is 0.333. The van der Waals surface area contributed by atoms with E-state index in [1.165, 1.54) is 0 Å². The summed E-state index contributed by atoms with van der Waals surface area (Å²) in [4.78, 5) is 42.6. The van der Waals surface area contributed by atoms with Crippen LogP contribution in [-0.2, 0) is 29.0 Å². The van der Waals surface area contributed by atoms with Crippen molar-refractivity contribution in [1.29, 1.82) is 0 Å². The number of carbonyl (C=O) groups excluding carboxylic acids is 2. The zero-order valence-corrected chi connectivity index (χ0v) is 16.7. The molecule has 3 aromatic rings. The zero-order chi connectivity index (χ0) is 20.2. The number of thiophene rings is 1. The van der Waals surface area contributed by atoms with Gasteiger partial charge in [-0.25, -0.2) is 9.78 Å². The molecule has 0 aliphatic carbocycles. The van der Waals surface area contributed by atoms with Crippen molar-refractivity contribution >= 4 is 34.1 Å². The number of nitrogens with zero attached hydrogens (tertiary/aromatic N) is 2. The van der Waals surface area contributed by atoms with E-state index in [2.05, 4.69) is 10.3 Å². The number of fused-ring (bicyclic) bond motifs is 2. The van der Waals surface area contributed by atoms with Gasteiger partial charge in [-0.05, 0) is 42.5 Å². The van der Waals surface area contributed by atoms with Crippen LogP contribution in [0.2, 0.25) is 0 Å². The van der Waals surface area contributed by atoms with Crippen molar-refractivity contribution in [2.75, 3.05) is 6.61 Å². The fourth-order valence-electron chi connectivity index (χ4n) is 3.41. The van der Waals surface area contributed by atoms with Crippen LogP contribution < -0.4 is 10.9 Å². The van der Waals surface area contributed by atoms with Gasteiger partial charge in [-0.3, -0.25) is 14.2 Å². The Bertz CT molecular complexity index is 1110. The molecular weight excluding hydrogens is 390 g/mol. The van der Waals surface area contributed by atoms with Crippen LogP contribution in [0.1, 0.15) is 40.3 Å². The average molecular weight is 411 g/mol. The number of rotatable bonds is 5. The van der Waals surface area contributed by atoms with Crippen molar-refractivity contribution in [3.8, 4) is 0 Å². The number of ether oxygens (including phenoxy) is 1. The molecule has 3 heterocycles. The van der Waals surface area contributed by atoms with Crippen LogP contribution >= 0.6 is 11.3 Å². The summed E-state index contributed by atoms with van der Waals surface area (Å²) in [7, 11) is 0. The normalized spacial score (nSPS) is 13.5. The molecule has 0 fully saturated rings. The second-order valence-corrected chi connectivity index (χ2v) is 7.99. The number of aromatic nitrogens is 2. The van der Waals surface area contributed by atoms with Crippen LogP contribution in [0.5, 0.6) is 0 Å². The van der Waals surface area contributed by atoms with Crippen LogP contribution in [0.3, 0.4) is 0 Å². The average Bonchev–Trinajstić information content (AvgIpc) is 3.14. The van der Waals surface area contributed by atoms with E-state index in [1.807, 2.05) is 17.5 Å². The van der Waals surface area contributed by atoms with E-state index in [-0.39, 0.29) is 23.6 Å². The summed E-state index contributed by atoms with van der Waals surface area (Å²) in [5, 5.41) is 5.12. The third-order valence-electron chi connectivity index (χ3n) is 4.93. The lowest BCUT2D eigenvalue weighted by Crippen LogP contribution is -2.28. The maximum absolute atomic E-state index is 12.7. The Morgan fingerprint density at radius 3 is 2.93 bits per heavy atom. The van der Waals surface area contributed by atoms with E-state index < -0.39 is 5.97 Å². The number of nitrogens with one attached hydrogen (secondary N) is 1. The number of benzene rings is 1. The Hall–Kier alpha value is -3.00. The van der Waals surface area contributed by atoms with Gasteiger partial charge in [-0.15, -0.1) is 11.3 Å². The first-order valence-corrected chi connectivity index (χ1v) is 10.5. The molecular formula is C21H21N3O4S. The van der Waals surface area contributed by atoms with Gasteiger partial charge in [-0.1, -0.05) is 12.5 Å². The van der Waals surface area contributed by atoms with Crippen molar-refractivity contribution in [2.24, 2.45) is 0 Å². The zero-order valence-electron chi connectivity index (χ0n) is 15.8. The second kappa shape index (κ2) is 8.57. The maximum Gasteiger partial charge on any atom is 0.338 e. The van der Waals surface area contributed by atoms with E-state index in [1.54, 1.807) is 34.1 Å². The number of hydrogen-bond acceptors (Lipinski definition) is 6. The Labute approximate surface area is 171 Å². The molecule has 4 rings (SSSR count). The van der Waals surface area contributed by atoms with Gasteiger partial charge in [0.25, 0.3) is 11.5 Å². The van der Waals surface area contributed by atoms with Gasteiger partial charge in [-0.2, -0.15) is 0 Å². The topological polar surface area (TPSA) is 90.3 Å². The monoisotopic (exact) mass is 411 g/mol. The molecule has 1 amide bonds. The van der Waals surface area contributed by atoms with Gasteiger partial charge >= 0.3 is 5.97 Å². The molecule has 0 unspecified atom stereocenters. The molecule has 7 nitrogen and oxygen atoms in total. The quantitative estimate of drug-likeness (QED) is 0.652. The molecule has 8 heteroatoms. The summed E-state index contributed by atoms with van der Waals surface area (Å²) < 4.78 is 6.85. The lowest BCUT2D eigenvalue weighted by molar-refractivity contribution is -0.124. The number of hydrogen-bond donors (Lipinski definition) is 1. The smallest absolute Gasteiger partial charge is 0.338 e. The van der Waals surface area contributed by atoms with Crippen LogP contribution in [0.25, 0.3) is 10.9 Å². The fourth-order valence-corrected chi connectivity index (χ4v) is 4.05. The number of amides is 1. The maximum atomic E-state index is 12.7. The van der Waals surface area contributed by atoms with Gasteiger partial charge in [0.2, 0.25) is 0 Å². The molecule has 0 radical (unpaired) electrons. The van der Waals surface area contributed by atoms with Crippen molar-refractivity contribution in [3.63, 3.8) is 0 Å². The van der Waals surface area contributed by atoms with E-state index in [4.69, 9.17) is 4.74 Å². The second-order valence-electron chi connectivity index (χ2n) is 6.96. The number of carbonyl (C=O) groups is 2. The number of esters is 1. The van der Waals surface area contributed by atoms with E-state index in [0.29, 0.717) is 24.0 Å². The molecule has 0 saturated carbocycles. The van der Waals surface area contributed by atoms with Crippen molar-refractivity contribution in [2.45, 2.75) is 38.8 Å². The highest BCUT2D eigenvalue weighted by Crippen LogP contribution is 2.17. The first-order chi connectivity index (χ1) is 14.1. The van der Waals surface area contributed by atoms with Crippen LogP contribution in [0, 0.1) is 0 Å². The Balaban J connectivity index is 1.45. The molecule has 1 aliphatic rings. The van der Waals surface area contributed by atoms with Crippen molar-refractivity contribution in [3.05, 3.63) is 62.3 Å². The van der Waals surface area contributed by atoms with Crippen LogP contribution in [0.15, 0.2) is 40.5 Å². The molecule has 0 bridgehead atoms. The third-order valence-corrected chi connectivity index (χ3v) is 5.80. The minimum absolute atomic E-state index is 0.0697. The summed E-state index contributed by atoms with van der Waals surface area (Å²) in [6.07, 6.45) is 3.80. The standard InChI is InChI=1S/C21H21N3O4S/c25-19(22-12-15-5-4-10-29-15)13-28-21(27)14-7-8-16-17(11-14)23-18-6-2-1-3-9-24(18)20(16)26/h4-5,7-8,10-11H,1-3,6,9,12-13H2,(H,22,25). The van der Waals surface area contributed by atoms with Gasteiger partial charge in [0.1, 0.15) is 5.82 Å². The van der Waals surface area contributed by atoms with E-state index >= 15 is 0 Å². The lowest BCUT2D eigenvalue weighted by atomic mass is 10.1. The highest BCUT2D eigenvalue weighted by molar-refractivity contribution is 7.09. The first kappa shape index (κ1) is 19.3. The Kier molecular flexibility index (Phi) is 5.71. The Morgan fingerprint density at radius 2 is 2.10 bits per heavy atom. The SMILES string of the molecule is O=C(COC(=O)c1ccc2c(=O)n3c(nc2c1)CCCCC3)NCc1cccs1. The van der Waals surface area contributed by atoms with Gasteiger partial charge in [0, 0.05) is 17.8 Å². The highest BCUT2D eigenvalue weighted by atomic mass is 32.1. The van der Waals surface area contributed by atoms with Crippen molar-refractivity contribution < 1.29 is 14.3 Å². The summed E-state index contributed by atoms with van der Waals surface area (Å²) >= 11 is 1.54. The largest absolute Gasteiger partial charge is 0.452 e. The first-order valence-electron chi connectivity index (χ1n) is 9.61. The lowest BCUT2D eigenvalue weighted by Gasteiger charge is -2.11. The molecule has 0 spiro atoms. The minimum Gasteiger partial charge on any atom is -0.452 e. The molecule has 0 atom stereocenters. The van der Waals surface area contributed by atoms with Gasteiger partial charge in [0.15, 0.2) is 6.61 Å². The van der Waals surface area contributed by atoms with Crippen LogP contribution in [-0.4, -0.2) is 28.0 Å². The molecule has 1 N–H and O–H groups in total. The molecule has 0 saturated heterocycles. The van der Waals surface area contributed by atoms with Crippen LogP contribution in [0.4, 0.5) is 0 Å². The van der Waals surface area contributed by atoms with Crippen molar-refractivity contribution in [1.82, 2.24) is 14.9 Å². The van der Waals surface area contributed by atoms with Gasteiger partial charge in [0.05, 0.1) is 23.0 Å². The van der Waals surface area contributed by atoms with E-state index in [9.17, 15) is 14.4 Å². The summed E-state index contributed by atoms with van der Waals surface area (Å²) in [5.41, 5.74) is 0.688. The molecule has 1 aliphatic heterocycles. The molecule has 29 heavy (non-hydrogen) atoms. The number of aryl methyl sites for hydroxylation is 1. The molecule has 150 valence electrons. The molecule has 1 aromatic carbocycles. The predicted molar refractivity (Wildman–Crippen MR) is 110 cm³/mol. The van der Waals surface area contributed by atoms with Gasteiger partial charge < -0.3 is 10.1 Å². The Morgan fingerprint density at radius 1 is 1.21 bits per heavy atom. The summed E-state index contributed by atoms with van der Waals surface area (Å²) in [6, 6.07) is 8.54. The highest BCUT2D eigenvalue weighted by Gasteiger charge is 2.16. The summed E-state index contributed by atoms with van der Waals surface area (Å²) in [6.45, 7) is 0.729. The summed E-state index contributed by atoms with van der Waals surface area (Å²) in [5.74, 6) is -0.220. The molecule has 2 aromatic heterocycles.